The molecule has 2 N–H and O–H groups in total. The molecule has 0 aliphatic heterocycles. The first-order chi connectivity index (χ1) is 6.56. The van der Waals surface area contributed by atoms with E-state index in [1.807, 2.05) is 6.92 Å². The number of carbonyl (C=O) groups is 1. The first kappa shape index (κ1) is 11.0. The number of oxime groups is 1. The SMILES string of the molecule is CC(=NO)C1CCC(C(=O)O)CC1C. The van der Waals surface area contributed by atoms with Gasteiger partial charge in [0.2, 0.25) is 0 Å². The molecule has 1 fully saturated rings. The van der Waals surface area contributed by atoms with Gasteiger partial charge in [-0.15, -0.1) is 0 Å². The van der Waals surface area contributed by atoms with Gasteiger partial charge in [0.1, 0.15) is 0 Å². The third-order valence-electron chi connectivity index (χ3n) is 3.21. The minimum atomic E-state index is -0.700. The van der Waals surface area contributed by atoms with Gasteiger partial charge in [0, 0.05) is 5.92 Å². The lowest BCUT2D eigenvalue weighted by molar-refractivity contribution is -0.143. The maximum absolute atomic E-state index is 10.8. The lowest BCUT2D eigenvalue weighted by atomic mass is 9.73. The monoisotopic (exact) mass is 199 g/mol. The van der Waals surface area contributed by atoms with E-state index in [0.29, 0.717) is 18.8 Å². The average molecular weight is 199 g/mol. The van der Waals surface area contributed by atoms with Crippen LogP contribution in [0.2, 0.25) is 0 Å². The zero-order valence-corrected chi connectivity index (χ0v) is 8.60. The molecule has 1 aliphatic rings. The summed E-state index contributed by atoms with van der Waals surface area (Å²) < 4.78 is 0. The maximum atomic E-state index is 10.8. The van der Waals surface area contributed by atoms with E-state index >= 15 is 0 Å². The molecule has 4 nitrogen and oxygen atoms in total. The van der Waals surface area contributed by atoms with E-state index in [4.69, 9.17) is 10.3 Å². The smallest absolute Gasteiger partial charge is 0.306 e. The summed E-state index contributed by atoms with van der Waals surface area (Å²) in [4.78, 5) is 10.8. The predicted octanol–water partition coefficient (Wildman–Crippen LogP) is 1.97. The highest BCUT2D eigenvalue weighted by atomic mass is 16.4. The van der Waals surface area contributed by atoms with Gasteiger partial charge >= 0.3 is 5.97 Å². The maximum Gasteiger partial charge on any atom is 0.306 e. The molecule has 0 bridgehead atoms. The summed E-state index contributed by atoms with van der Waals surface area (Å²) in [7, 11) is 0. The van der Waals surface area contributed by atoms with Crippen molar-refractivity contribution in [2.45, 2.75) is 33.1 Å². The van der Waals surface area contributed by atoms with Crippen molar-refractivity contribution in [2.75, 3.05) is 0 Å². The highest BCUT2D eigenvalue weighted by molar-refractivity contribution is 5.84. The van der Waals surface area contributed by atoms with Gasteiger partial charge in [-0.2, -0.15) is 0 Å². The normalized spacial score (nSPS) is 34.1. The van der Waals surface area contributed by atoms with Crippen molar-refractivity contribution in [3.8, 4) is 0 Å². The zero-order valence-electron chi connectivity index (χ0n) is 8.60. The third kappa shape index (κ3) is 2.25. The van der Waals surface area contributed by atoms with E-state index in [-0.39, 0.29) is 11.8 Å². The van der Waals surface area contributed by atoms with E-state index in [1.54, 1.807) is 6.92 Å². The molecule has 4 heteroatoms. The molecule has 0 saturated heterocycles. The fourth-order valence-electron chi connectivity index (χ4n) is 2.32. The Kier molecular flexibility index (Phi) is 3.49. The van der Waals surface area contributed by atoms with E-state index in [2.05, 4.69) is 5.16 Å². The lowest BCUT2D eigenvalue weighted by Crippen LogP contribution is -2.31. The quantitative estimate of drug-likeness (QED) is 0.406. The van der Waals surface area contributed by atoms with Crippen molar-refractivity contribution in [1.29, 1.82) is 0 Å². The second-order valence-electron chi connectivity index (χ2n) is 4.17. The second kappa shape index (κ2) is 4.44. The van der Waals surface area contributed by atoms with Gasteiger partial charge in [0.25, 0.3) is 0 Å². The Morgan fingerprint density at radius 2 is 2.07 bits per heavy atom. The van der Waals surface area contributed by atoms with Crippen LogP contribution >= 0.6 is 0 Å². The Bertz CT molecular complexity index is 250. The third-order valence-corrected chi connectivity index (χ3v) is 3.21. The molecule has 0 heterocycles. The highest BCUT2D eigenvalue weighted by Crippen LogP contribution is 2.34. The van der Waals surface area contributed by atoms with E-state index in [9.17, 15) is 4.79 Å². The molecule has 0 spiro atoms. The van der Waals surface area contributed by atoms with Crippen LogP contribution in [0.25, 0.3) is 0 Å². The molecule has 1 rings (SSSR count). The van der Waals surface area contributed by atoms with Crippen LogP contribution in [0.5, 0.6) is 0 Å². The summed E-state index contributed by atoms with van der Waals surface area (Å²) in [5.41, 5.74) is 0.723. The summed E-state index contributed by atoms with van der Waals surface area (Å²) in [6.45, 7) is 3.82. The van der Waals surface area contributed by atoms with Gasteiger partial charge in [-0.25, -0.2) is 0 Å². The Morgan fingerprint density at radius 1 is 1.43 bits per heavy atom. The Balaban J connectivity index is 2.60. The molecule has 3 unspecified atom stereocenters. The standard InChI is InChI=1S/C10H17NO3/c1-6-5-8(10(12)13)3-4-9(6)7(2)11-14/h6,8-9,14H,3-5H2,1-2H3,(H,12,13). The van der Waals surface area contributed by atoms with Crippen LogP contribution in [-0.2, 0) is 4.79 Å². The number of rotatable bonds is 2. The fraction of sp³-hybridized carbons (Fsp3) is 0.800. The van der Waals surface area contributed by atoms with Crippen LogP contribution in [-0.4, -0.2) is 22.0 Å². The van der Waals surface area contributed by atoms with Crippen LogP contribution in [0, 0.1) is 17.8 Å². The van der Waals surface area contributed by atoms with Crippen LogP contribution in [0.15, 0.2) is 5.16 Å². The van der Waals surface area contributed by atoms with Crippen LogP contribution in [0.1, 0.15) is 33.1 Å². The first-order valence-electron chi connectivity index (χ1n) is 4.97. The molecule has 80 valence electrons. The molecule has 1 aliphatic carbocycles. The Morgan fingerprint density at radius 3 is 2.50 bits per heavy atom. The number of hydrogen-bond donors (Lipinski definition) is 2. The molecule has 0 radical (unpaired) electrons. The summed E-state index contributed by atoms with van der Waals surface area (Å²) in [6.07, 6.45) is 2.19. The van der Waals surface area contributed by atoms with Crippen LogP contribution in [0.4, 0.5) is 0 Å². The molecule has 0 aromatic carbocycles. The zero-order chi connectivity index (χ0) is 10.7. The van der Waals surface area contributed by atoms with Crippen molar-refractivity contribution in [2.24, 2.45) is 22.9 Å². The van der Waals surface area contributed by atoms with Crippen molar-refractivity contribution in [3.05, 3.63) is 0 Å². The molecule has 0 aromatic heterocycles. The Labute approximate surface area is 83.6 Å². The number of nitrogens with zero attached hydrogens (tertiary/aromatic N) is 1. The molecule has 14 heavy (non-hydrogen) atoms. The molecule has 3 atom stereocenters. The van der Waals surface area contributed by atoms with E-state index in [0.717, 1.165) is 12.1 Å². The predicted molar refractivity (Wildman–Crippen MR) is 52.5 cm³/mol. The van der Waals surface area contributed by atoms with Gasteiger partial charge in [-0.1, -0.05) is 12.1 Å². The van der Waals surface area contributed by atoms with E-state index in [1.165, 1.54) is 0 Å². The molecular formula is C10H17NO3. The van der Waals surface area contributed by atoms with Gasteiger partial charge in [0.15, 0.2) is 0 Å². The summed E-state index contributed by atoms with van der Waals surface area (Å²) in [5.74, 6) is -0.377. The van der Waals surface area contributed by atoms with Gasteiger partial charge in [-0.3, -0.25) is 4.79 Å². The summed E-state index contributed by atoms with van der Waals surface area (Å²) in [5, 5.41) is 20.7. The molecular weight excluding hydrogens is 182 g/mol. The van der Waals surface area contributed by atoms with Crippen LogP contribution in [0.3, 0.4) is 0 Å². The minimum Gasteiger partial charge on any atom is -0.481 e. The largest absolute Gasteiger partial charge is 0.481 e. The van der Waals surface area contributed by atoms with Crippen LogP contribution < -0.4 is 0 Å². The first-order valence-corrected chi connectivity index (χ1v) is 4.97. The van der Waals surface area contributed by atoms with E-state index < -0.39 is 5.97 Å². The average Bonchev–Trinajstić information content (AvgIpc) is 2.16. The van der Waals surface area contributed by atoms with Crippen molar-refractivity contribution in [3.63, 3.8) is 0 Å². The van der Waals surface area contributed by atoms with Gasteiger partial charge in [0.05, 0.1) is 11.6 Å². The van der Waals surface area contributed by atoms with Gasteiger partial charge in [-0.05, 0) is 32.1 Å². The number of aliphatic carboxylic acids is 1. The van der Waals surface area contributed by atoms with Crippen molar-refractivity contribution < 1.29 is 15.1 Å². The molecule has 1 saturated carbocycles. The minimum absolute atomic E-state index is 0.215. The number of carboxylic acids is 1. The topological polar surface area (TPSA) is 69.9 Å². The van der Waals surface area contributed by atoms with Crippen molar-refractivity contribution in [1.82, 2.24) is 0 Å². The van der Waals surface area contributed by atoms with Crippen molar-refractivity contribution >= 4 is 11.7 Å². The molecule has 0 aromatic rings. The fourth-order valence-corrected chi connectivity index (χ4v) is 2.32. The second-order valence-corrected chi connectivity index (χ2v) is 4.17. The molecule has 0 amide bonds. The number of carboxylic acid groups (broad SMARTS) is 1. The summed E-state index contributed by atoms with van der Waals surface area (Å²) in [6, 6.07) is 0. The Hall–Kier alpha value is -1.06. The highest BCUT2D eigenvalue weighted by Gasteiger charge is 2.32. The summed E-state index contributed by atoms with van der Waals surface area (Å²) >= 11 is 0. The number of hydrogen-bond acceptors (Lipinski definition) is 3. The lowest BCUT2D eigenvalue weighted by Gasteiger charge is -2.31. The van der Waals surface area contributed by atoms with Gasteiger partial charge < -0.3 is 10.3 Å².